The molecule has 0 aromatic heterocycles. The standard InChI is InChI=1S/C15H30N2/c1-6-9-16-12-8-7-10-17(11-12)13-14(2,3)15(13,4)5/h12-13,16H,6-11H2,1-5H3. The molecule has 1 N–H and O–H groups in total. The Balaban J connectivity index is 1.91. The minimum atomic E-state index is 0.500. The van der Waals surface area contributed by atoms with Gasteiger partial charge in [-0.25, -0.2) is 0 Å². The summed E-state index contributed by atoms with van der Waals surface area (Å²) in [6, 6.07) is 1.53. The van der Waals surface area contributed by atoms with Crippen molar-refractivity contribution in [2.24, 2.45) is 10.8 Å². The summed E-state index contributed by atoms with van der Waals surface area (Å²) in [5.41, 5.74) is 0.999. The molecule has 100 valence electrons. The van der Waals surface area contributed by atoms with E-state index in [0.29, 0.717) is 10.8 Å². The number of hydrogen-bond acceptors (Lipinski definition) is 2. The van der Waals surface area contributed by atoms with E-state index in [-0.39, 0.29) is 0 Å². The highest BCUT2D eigenvalue weighted by molar-refractivity contribution is 5.19. The van der Waals surface area contributed by atoms with Gasteiger partial charge in [-0.2, -0.15) is 0 Å². The van der Waals surface area contributed by atoms with Gasteiger partial charge in [0, 0.05) is 18.6 Å². The molecular weight excluding hydrogens is 208 g/mol. The summed E-state index contributed by atoms with van der Waals surface area (Å²) in [7, 11) is 0. The van der Waals surface area contributed by atoms with Gasteiger partial charge in [0.25, 0.3) is 0 Å². The Morgan fingerprint density at radius 1 is 1.18 bits per heavy atom. The molecule has 2 nitrogen and oxygen atoms in total. The SMILES string of the molecule is CCCNC1CCCN(C2C(C)(C)C2(C)C)C1. The van der Waals surface area contributed by atoms with E-state index >= 15 is 0 Å². The van der Waals surface area contributed by atoms with Crippen molar-refractivity contribution in [2.45, 2.75) is 66.0 Å². The molecule has 2 rings (SSSR count). The third-order valence-electron chi connectivity index (χ3n) is 5.45. The molecule has 0 amide bonds. The lowest BCUT2D eigenvalue weighted by molar-refractivity contribution is 0.158. The molecule has 17 heavy (non-hydrogen) atoms. The van der Waals surface area contributed by atoms with E-state index in [1.165, 1.54) is 38.9 Å². The van der Waals surface area contributed by atoms with Crippen LogP contribution in [0.2, 0.25) is 0 Å². The van der Waals surface area contributed by atoms with Crippen LogP contribution in [0.4, 0.5) is 0 Å². The van der Waals surface area contributed by atoms with Crippen LogP contribution < -0.4 is 5.32 Å². The smallest absolute Gasteiger partial charge is 0.0210 e. The van der Waals surface area contributed by atoms with Gasteiger partial charge in [-0.3, -0.25) is 4.90 Å². The Hall–Kier alpha value is -0.0800. The molecule has 2 fully saturated rings. The van der Waals surface area contributed by atoms with Gasteiger partial charge in [-0.05, 0) is 43.2 Å². The summed E-state index contributed by atoms with van der Waals surface area (Å²) >= 11 is 0. The van der Waals surface area contributed by atoms with Crippen LogP contribution in [0.15, 0.2) is 0 Å². The Bertz CT molecular complexity index is 256. The molecule has 2 aliphatic rings. The van der Waals surface area contributed by atoms with Crippen LogP contribution in [0.3, 0.4) is 0 Å². The maximum atomic E-state index is 3.70. The molecule has 1 unspecified atom stereocenters. The summed E-state index contributed by atoms with van der Waals surface area (Å²) in [6.07, 6.45) is 3.98. The molecule has 0 radical (unpaired) electrons. The fourth-order valence-electron chi connectivity index (χ4n) is 3.83. The highest BCUT2D eigenvalue weighted by Crippen LogP contribution is 2.65. The van der Waals surface area contributed by atoms with Crippen molar-refractivity contribution in [2.75, 3.05) is 19.6 Å². The third-order valence-corrected chi connectivity index (χ3v) is 5.45. The average molecular weight is 238 g/mol. The fourth-order valence-corrected chi connectivity index (χ4v) is 3.83. The number of rotatable bonds is 4. The fraction of sp³-hybridized carbons (Fsp3) is 1.00. The second-order valence-electron chi connectivity index (χ2n) is 7.13. The van der Waals surface area contributed by atoms with E-state index < -0.39 is 0 Å². The predicted molar refractivity (Wildman–Crippen MR) is 74.2 cm³/mol. The quantitative estimate of drug-likeness (QED) is 0.810. The summed E-state index contributed by atoms with van der Waals surface area (Å²) < 4.78 is 0. The molecular formula is C15H30N2. The average Bonchev–Trinajstić information content (AvgIpc) is 2.67. The van der Waals surface area contributed by atoms with Crippen LogP contribution in [0.5, 0.6) is 0 Å². The largest absolute Gasteiger partial charge is 0.313 e. The first-order valence-electron chi connectivity index (χ1n) is 7.38. The van der Waals surface area contributed by atoms with Crippen molar-refractivity contribution in [3.05, 3.63) is 0 Å². The van der Waals surface area contributed by atoms with E-state index in [1.807, 2.05) is 0 Å². The third kappa shape index (κ3) is 2.26. The van der Waals surface area contributed by atoms with E-state index in [2.05, 4.69) is 44.8 Å². The van der Waals surface area contributed by atoms with Gasteiger partial charge >= 0.3 is 0 Å². The minimum Gasteiger partial charge on any atom is -0.313 e. The lowest BCUT2D eigenvalue weighted by atomic mass is 10.0. The van der Waals surface area contributed by atoms with Gasteiger partial charge < -0.3 is 5.32 Å². The molecule has 2 heteroatoms. The second kappa shape index (κ2) is 4.55. The predicted octanol–water partition coefficient (Wildman–Crippen LogP) is 2.89. The summed E-state index contributed by atoms with van der Waals surface area (Å²) in [6.45, 7) is 15.7. The number of nitrogens with one attached hydrogen (secondary N) is 1. The number of piperidine rings is 1. The molecule has 0 aromatic rings. The Kier molecular flexibility index (Phi) is 3.57. The first kappa shape index (κ1) is 13.4. The summed E-state index contributed by atoms with van der Waals surface area (Å²) in [5.74, 6) is 0. The van der Waals surface area contributed by atoms with Crippen molar-refractivity contribution in [1.82, 2.24) is 10.2 Å². The van der Waals surface area contributed by atoms with Crippen LogP contribution in [0, 0.1) is 10.8 Å². The Morgan fingerprint density at radius 2 is 1.82 bits per heavy atom. The zero-order valence-electron chi connectivity index (χ0n) is 12.3. The lowest BCUT2D eigenvalue weighted by Gasteiger charge is -2.35. The van der Waals surface area contributed by atoms with Gasteiger partial charge in [0.15, 0.2) is 0 Å². The van der Waals surface area contributed by atoms with Crippen LogP contribution >= 0.6 is 0 Å². The van der Waals surface area contributed by atoms with Crippen LogP contribution in [0.25, 0.3) is 0 Å². The van der Waals surface area contributed by atoms with Crippen LogP contribution in [-0.2, 0) is 0 Å². The second-order valence-corrected chi connectivity index (χ2v) is 7.13. The zero-order valence-corrected chi connectivity index (χ0v) is 12.3. The van der Waals surface area contributed by atoms with Crippen LogP contribution in [0.1, 0.15) is 53.9 Å². The molecule has 1 aliphatic heterocycles. The summed E-state index contributed by atoms with van der Waals surface area (Å²) in [4.78, 5) is 2.75. The first-order chi connectivity index (χ1) is 7.91. The van der Waals surface area contributed by atoms with E-state index in [1.54, 1.807) is 0 Å². The lowest BCUT2D eigenvalue weighted by Crippen LogP contribution is -2.48. The van der Waals surface area contributed by atoms with E-state index in [0.717, 1.165) is 12.1 Å². The van der Waals surface area contributed by atoms with E-state index in [9.17, 15) is 0 Å². The van der Waals surface area contributed by atoms with Crippen molar-refractivity contribution in [3.63, 3.8) is 0 Å². The van der Waals surface area contributed by atoms with Crippen molar-refractivity contribution >= 4 is 0 Å². The molecule has 1 atom stereocenters. The molecule has 0 bridgehead atoms. The van der Waals surface area contributed by atoms with Gasteiger partial charge in [0.1, 0.15) is 0 Å². The number of likely N-dealkylation sites (tertiary alicyclic amines) is 1. The van der Waals surface area contributed by atoms with Gasteiger partial charge in [-0.1, -0.05) is 34.6 Å². The molecule has 1 saturated carbocycles. The number of hydrogen-bond donors (Lipinski definition) is 1. The van der Waals surface area contributed by atoms with Gasteiger partial charge in [0.2, 0.25) is 0 Å². The number of nitrogens with zero attached hydrogens (tertiary/aromatic N) is 1. The van der Waals surface area contributed by atoms with Crippen molar-refractivity contribution in [3.8, 4) is 0 Å². The maximum absolute atomic E-state index is 3.70. The molecule has 0 aromatic carbocycles. The Labute approximate surface area is 107 Å². The maximum Gasteiger partial charge on any atom is 0.0210 e. The highest BCUT2D eigenvalue weighted by atomic mass is 15.3. The normalized spacial score (nSPS) is 32.6. The molecule has 0 spiro atoms. The summed E-state index contributed by atoms with van der Waals surface area (Å²) in [5, 5.41) is 3.70. The topological polar surface area (TPSA) is 15.3 Å². The minimum absolute atomic E-state index is 0.500. The Morgan fingerprint density at radius 3 is 2.35 bits per heavy atom. The zero-order chi connectivity index (χ0) is 12.7. The van der Waals surface area contributed by atoms with Gasteiger partial charge in [-0.15, -0.1) is 0 Å². The van der Waals surface area contributed by atoms with Crippen molar-refractivity contribution < 1.29 is 0 Å². The van der Waals surface area contributed by atoms with Crippen LogP contribution in [-0.4, -0.2) is 36.6 Å². The van der Waals surface area contributed by atoms with Crippen molar-refractivity contribution in [1.29, 1.82) is 0 Å². The first-order valence-corrected chi connectivity index (χ1v) is 7.38. The highest BCUT2D eigenvalue weighted by Gasteiger charge is 2.66. The molecule has 1 aliphatic carbocycles. The molecule has 1 heterocycles. The van der Waals surface area contributed by atoms with E-state index in [4.69, 9.17) is 0 Å². The van der Waals surface area contributed by atoms with Gasteiger partial charge in [0.05, 0.1) is 0 Å². The monoisotopic (exact) mass is 238 g/mol. The molecule has 1 saturated heterocycles.